The molecule has 0 saturated carbocycles. The summed E-state index contributed by atoms with van der Waals surface area (Å²) in [6, 6.07) is 21.3. The first kappa shape index (κ1) is 27.0. The molecule has 0 N–H and O–H groups in total. The van der Waals surface area contributed by atoms with Crippen molar-refractivity contribution in [3.63, 3.8) is 0 Å². The van der Waals surface area contributed by atoms with Crippen LogP contribution in [0.15, 0.2) is 82.2 Å². The van der Waals surface area contributed by atoms with Crippen molar-refractivity contribution in [2.24, 2.45) is 0 Å². The third kappa shape index (κ3) is 6.51. The van der Waals surface area contributed by atoms with Crippen molar-refractivity contribution in [2.45, 2.75) is 6.61 Å². The van der Waals surface area contributed by atoms with Gasteiger partial charge in [-0.05, 0) is 65.9 Å². The number of piperazine rings is 1. The Balaban J connectivity index is 1.23. The summed E-state index contributed by atoms with van der Waals surface area (Å²) in [5.74, 6) is -0.587. The molecule has 2 aliphatic rings. The van der Waals surface area contributed by atoms with E-state index < -0.39 is 11.1 Å². The minimum absolute atomic E-state index is 0.205. The van der Waals surface area contributed by atoms with E-state index in [2.05, 4.69) is 20.8 Å². The van der Waals surface area contributed by atoms with Crippen molar-refractivity contribution in [3.05, 3.63) is 99.1 Å². The molecule has 2 saturated heterocycles. The number of anilines is 1. The second-order valence-corrected chi connectivity index (χ2v) is 11.0. The van der Waals surface area contributed by atoms with Gasteiger partial charge >= 0.3 is 0 Å². The number of hydrogen-bond acceptors (Lipinski definition) is 6. The van der Waals surface area contributed by atoms with Crippen LogP contribution >= 0.6 is 27.7 Å². The lowest BCUT2D eigenvalue weighted by Gasteiger charge is -2.36. The molecule has 5 rings (SSSR count). The van der Waals surface area contributed by atoms with Gasteiger partial charge in [0.25, 0.3) is 11.1 Å². The van der Waals surface area contributed by atoms with Crippen LogP contribution in [0.1, 0.15) is 11.1 Å². The summed E-state index contributed by atoms with van der Waals surface area (Å²) in [4.78, 5) is 43.9. The Morgan fingerprint density at radius 1 is 0.974 bits per heavy atom. The van der Waals surface area contributed by atoms with Gasteiger partial charge in [-0.3, -0.25) is 19.3 Å². The number of carbonyl (C=O) groups excluding carboxylic acids is 3. The van der Waals surface area contributed by atoms with Gasteiger partial charge < -0.3 is 14.5 Å². The number of para-hydroxylation sites is 1. The molecule has 0 radical (unpaired) electrons. The maximum Gasteiger partial charge on any atom is 0.294 e. The summed E-state index contributed by atoms with van der Waals surface area (Å²) in [5.41, 5.74) is 2.49. The minimum Gasteiger partial charge on any atom is -0.488 e. The molecule has 0 aromatic heterocycles. The van der Waals surface area contributed by atoms with Gasteiger partial charge in [0.05, 0.1) is 4.91 Å². The first-order valence-corrected chi connectivity index (χ1v) is 14.0. The van der Waals surface area contributed by atoms with Crippen molar-refractivity contribution in [1.29, 1.82) is 0 Å². The third-order valence-corrected chi connectivity index (χ3v) is 7.89. The highest BCUT2D eigenvalue weighted by Gasteiger charge is 2.37. The lowest BCUT2D eigenvalue weighted by molar-refractivity contribution is -0.136. The van der Waals surface area contributed by atoms with E-state index in [9.17, 15) is 18.8 Å². The number of thioether (sulfide) groups is 1. The van der Waals surface area contributed by atoms with Gasteiger partial charge in [-0.25, -0.2) is 4.39 Å². The molecule has 2 aliphatic heterocycles. The second-order valence-electron chi connectivity index (χ2n) is 9.07. The molecule has 2 fully saturated rings. The molecule has 7 nitrogen and oxygen atoms in total. The van der Waals surface area contributed by atoms with Crippen LogP contribution in [-0.4, -0.2) is 59.6 Å². The molecule has 0 unspecified atom stereocenters. The fourth-order valence-electron chi connectivity index (χ4n) is 4.37. The van der Waals surface area contributed by atoms with Gasteiger partial charge in [0.2, 0.25) is 5.91 Å². The smallest absolute Gasteiger partial charge is 0.294 e. The minimum atomic E-state index is -0.509. The highest BCUT2D eigenvalue weighted by Crippen LogP contribution is 2.35. The van der Waals surface area contributed by atoms with Crippen LogP contribution in [-0.2, 0) is 16.2 Å². The third-order valence-electron chi connectivity index (χ3n) is 6.49. The number of nitrogens with zero attached hydrogens (tertiary/aromatic N) is 3. The number of benzene rings is 3. The van der Waals surface area contributed by atoms with Crippen molar-refractivity contribution in [3.8, 4) is 5.75 Å². The summed E-state index contributed by atoms with van der Waals surface area (Å²) in [6.07, 6.45) is 1.60. The zero-order valence-electron chi connectivity index (χ0n) is 20.9. The Morgan fingerprint density at radius 3 is 2.41 bits per heavy atom. The summed E-state index contributed by atoms with van der Waals surface area (Å²) >= 11 is 4.24. The van der Waals surface area contributed by atoms with Crippen LogP contribution in [0, 0.1) is 5.82 Å². The van der Waals surface area contributed by atoms with E-state index in [0.29, 0.717) is 37.5 Å². The molecule has 3 amide bonds. The molecule has 3 aromatic rings. The number of ether oxygens (including phenoxy) is 1. The molecule has 0 spiro atoms. The number of amides is 3. The Labute approximate surface area is 238 Å². The molecule has 0 bridgehead atoms. The predicted octanol–water partition coefficient (Wildman–Crippen LogP) is 5.55. The standard InChI is InChI=1S/C29H25BrFN3O4S/c30-22-8-11-25(38-19-20-6-9-23(31)10-7-20)21(16-22)17-26-28(36)34(29(37)39-26)18-27(35)33-14-12-32(13-15-33)24-4-2-1-3-5-24/h1-11,16-17H,12-15,18-19H2/b26-17-. The Hall–Kier alpha value is -3.63. The Bertz CT molecular complexity index is 1410. The van der Waals surface area contributed by atoms with E-state index in [0.717, 1.165) is 32.4 Å². The number of hydrogen-bond donors (Lipinski definition) is 0. The Kier molecular flexibility index (Phi) is 8.33. The maximum absolute atomic E-state index is 13.2. The number of halogens is 2. The highest BCUT2D eigenvalue weighted by atomic mass is 79.9. The number of imide groups is 1. The first-order valence-electron chi connectivity index (χ1n) is 12.4. The lowest BCUT2D eigenvalue weighted by Crippen LogP contribution is -2.51. The molecular formula is C29H25BrFN3O4S. The summed E-state index contributed by atoms with van der Waals surface area (Å²) in [7, 11) is 0. The summed E-state index contributed by atoms with van der Waals surface area (Å²) in [5, 5.41) is -0.480. The largest absolute Gasteiger partial charge is 0.488 e. The topological polar surface area (TPSA) is 70.2 Å². The van der Waals surface area contributed by atoms with Crippen LogP contribution in [0.2, 0.25) is 0 Å². The monoisotopic (exact) mass is 609 g/mol. The van der Waals surface area contributed by atoms with Crippen LogP contribution in [0.3, 0.4) is 0 Å². The van der Waals surface area contributed by atoms with E-state index in [1.807, 2.05) is 30.3 Å². The van der Waals surface area contributed by atoms with Gasteiger partial charge in [0, 0.05) is 41.9 Å². The zero-order valence-corrected chi connectivity index (χ0v) is 23.3. The van der Waals surface area contributed by atoms with Crippen molar-refractivity contribution < 1.29 is 23.5 Å². The van der Waals surface area contributed by atoms with Crippen molar-refractivity contribution in [2.75, 3.05) is 37.6 Å². The molecule has 0 atom stereocenters. The molecule has 200 valence electrons. The van der Waals surface area contributed by atoms with Gasteiger partial charge in [0.1, 0.15) is 24.7 Å². The number of carbonyl (C=O) groups is 3. The average Bonchev–Trinajstić information content (AvgIpc) is 3.21. The van der Waals surface area contributed by atoms with E-state index in [-0.39, 0.29) is 29.8 Å². The average molecular weight is 611 g/mol. The molecule has 10 heteroatoms. The van der Waals surface area contributed by atoms with Gasteiger partial charge in [-0.2, -0.15) is 0 Å². The predicted molar refractivity (Wildman–Crippen MR) is 153 cm³/mol. The second kappa shape index (κ2) is 12.0. The van der Waals surface area contributed by atoms with E-state index in [1.165, 1.54) is 12.1 Å². The molecule has 3 aromatic carbocycles. The SMILES string of the molecule is O=C(CN1C(=O)S/C(=C\c2cc(Br)ccc2OCc2ccc(F)cc2)C1=O)N1CCN(c2ccccc2)CC1. The zero-order chi connectivity index (χ0) is 27.4. The van der Waals surface area contributed by atoms with Crippen molar-refractivity contribution in [1.82, 2.24) is 9.80 Å². The van der Waals surface area contributed by atoms with Crippen LogP contribution in [0.5, 0.6) is 5.75 Å². The van der Waals surface area contributed by atoms with Gasteiger partial charge in [-0.15, -0.1) is 0 Å². The van der Waals surface area contributed by atoms with Gasteiger partial charge in [-0.1, -0.05) is 46.3 Å². The van der Waals surface area contributed by atoms with E-state index >= 15 is 0 Å². The number of rotatable bonds is 7. The Morgan fingerprint density at radius 2 is 1.69 bits per heavy atom. The van der Waals surface area contributed by atoms with Crippen molar-refractivity contribution >= 4 is 56.5 Å². The first-order chi connectivity index (χ1) is 18.9. The fourth-order valence-corrected chi connectivity index (χ4v) is 5.58. The summed E-state index contributed by atoms with van der Waals surface area (Å²) < 4.78 is 19.9. The molecule has 39 heavy (non-hydrogen) atoms. The van der Waals surface area contributed by atoms with Gasteiger partial charge in [0.15, 0.2) is 0 Å². The lowest BCUT2D eigenvalue weighted by atomic mass is 10.1. The molecule has 2 heterocycles. The molecule has 0 aliphatic carbocycles. The van der Waals surface area contributed by atoms with E-state index in [4.69, 9.17) is 4.74 Å². The summed E-state index contributed by atoms with van der Waals surface area (Å²) in [6.45, 7) is 2.32. The highest BCUT2D eigenvalue weighted by molar-refractivity contribution is 9.10. The molecular weight excluding hydrogens is 585 g/mol. The maximum atomic E-state index is 13.2. The quantitative estimate of drug-likeness (QED) is 0.327. The fraction of sp³-hybridized carbons (Fsp3) is 0.207. The van der Waals surface area contributed by atoms with Crippen LogP contribution in [0.25, 0.3) is 6.08 Å². The van der Waals surface area contributed by atoms with Crippen LogP contribution < -0.4 is 9.64 Å². The van der Waals surface area contributed by atoms with Crippen LogP contribution in [0.4, 0.5) is 14.9 Å². The van der Waals surface area contributed by atoms with E-state index in [1.54, 1.807) is 41.3 Å². The normalized spacial score (nSPS) is 16.8.